The van der Waals surface area contributed by atoms with Crippen LogP contribution in [0, 0.1) is 13.8 Å². The van der Waals surface area contributed by atoms with Gasteiger partial charge in [0, 0.05) is 28.8 Å². The molecular formula is C25H22N4O2S2. The zero-order valence-electron chi connectivity index (χ0n) is 18.4. The zero-order valence-corrected chi connectivity index (χ0v) is 20.0. The van der Waals surface area contributed by atoms with Gasteiger partial charge < -0.3 is 0 Å². The maximum atomic E-state index is 12.4. The van der Waals surface area contributed by atoms with Crippen molar-refractivity contribution in [2.45, 2.75) is 20.8 Å². The van der Waals surface area contributed by atoms with Gasteiger partial charge in [0.05, 0.1) is 17.1 Å². The minimum atomic E-state index is -0.291. The fourth-order valence-electron chi connectivity index (χ4n) is 3.20. The minimum Gasteiger partial charge on any atom is -0.298 e. The highest BCUT2D eigenvalue weighted by Gasteiger charge is 2.17. The number of para-hydroxylation sites is 1. The third kappa shape index (κ3) is 5.42. The van der Waals surface area contributed by atoms with Gasteiger partial charge in [-0.1, -0.05) is 48.0 Å². The molecule has 0 saturated heterocycles. The fraction of sp³-hybridized carbons (Fsp3) is 0.120. The van der Waals surface area contributed by atoms with Crippen LogP contribution in [0.1, 0.15) is 23.1 Å². The van der Waals surface area contributed by atoms with Crippen LogP contribution in [0.4, 0.5) is 16.0 Å². The summed E-state index contributed by atoms with van der Waals surface area (Å²) in [6.45, 7) is 5.53. The molecule has 0 radical (unpaired) electrons. The van der Waals surface area contributed by atoms with Gasteiger partial charge in [0.2, 0.25) is 11.8 Å². The zero-order chi connectivity index (χ0) is 23.4. The van der Waals surface area contributed by atoms with Crippen molar-refractivity contribution < 1.29 is 9.59 Å². The van der Waals surface area contributed by atoms with E-state index in [9.17, 15) is 9.59 Å². The van der Waals surface area contributed by atoms with Crippen molar-refractivity contribution in [2.75, 3.05) is 10.2 Å². The van der Waals surface area contributed by atoms with E-state index in [0.29, 0.717) is 16.0 Å². The van der Waals surface area contributed by atoms with Crippen LogP contribution < -0.4 is 10.2 Å². The Morgan fingerprint density at radius 1 is 1.00 bits per heavy atom. The predicted molar refractivity (Wildman–Crippen MR) is 136 cm³/mol. The largest absolute Gasteiger partial charge is 0.298 e. The number of hydrogen-bond donors (Lipinski definition) is 1. The summed E-state index contributed by atoms with van der Waals surface area (Å²) in [5.74, 6) is -0.424. The second kappa shape index (κ2) is 9.89. The van der Waals surface area contributed by atoms with E-state index >= 15 is 0 Å². The van der Waals surface area contributed by atoms with Crippen LogP contribution in [-0.4, -0.2) is 21.8 Å². The van der Waals surface area contributed by atoms with Crippen molar-refractivity contribution >= 4 is 56.5 Å². The van der Waals surface area contributed by atoms with Gasteiger partial charge in [-0.15, -0.1) is 22.7 Å². The Bertz CT molecular complexity index is 1310. The number of carbonyl (C=O) groups is 2. The molecule has 0 fully saturated rings. The molecule has 2 amide bonds. The lowest BCUT2D eigenvalue weighted by molar-refractivity contribution is -0.116. The molecule has 8 heteroatoms. The van der Waals surface area contributed by atoms with Gasteiger partial charge in [-0.3, -0.25) is 19.8 Å². The number of amides is 2. The Kier molecular flexibility index (Phi) is 6.76. The third-order valence-corrected chi connectivity index (χ3v) is 6.52. The summed E-state index contributed by atoms with van der Waals surface area (Å²) >= 11 is 2.78. The lowest BCUT2D eigenvalue weighted by Gasteiger charge is -2.17. The Morgan fingerprint density at radius 2 is 1.73 bits per heavy atom. The van der Waals surface area contributed by atoms with Crippen LogP contribution in [0.2, 0.25) is 0 Å². The molecule has 2 heterocycles. The normalized spacial score (nSPS) is 11.0. The first-order valence-electron chi connectivity index (χ1n) is 10.3. The van der Waals surface area contributed by atoms with Crippen molar-refractivity contribution in [1.82, 2.24) is 9.97 Å². The average Bonchev–Trinajstić information content (AvgIpc) is 3.40. The van der Waals surface area contributed by atoms with Gasteiger partial charge in [0.15, 0.2) is 10.3 Å². The highest BCUT2D eigenvalue weighted by Crippen LogP contribution is 2.31. The second-order valence-corrected chi connectivity index (χ2v) is 9.40. The molecule has 0 unspecified atom stereocenters. The fourth-order valence-corrected chi connectivity index (χ4v) is 4.89. The molecule has 0 spiro atoms. The SMILES string of the molecule is CC(=O)N(c1ccccc1)c1nc(/C=C/C(=O)Nc2nc(-c3ccc(C)cc3)c(C)s2)cs1. The number of benzene rings is 2. The number of aryl methyl sites for hydroxylation is 2. The molecule has 2 aromatic carbocycles. The van der Waals surface area contributed by atoms with Crippen molar-refractivity contribution in [2.24, 2.45) is 0 Å². The van der Waals surface area contributed by atoms with Gasteiger partial charge in [-0.2, -0.15) is 0 Å². The maximum absolute atomic E-state index is 12.4. The van der Waals surface area contributed by atoms with E-state index in [1.165, 1.54) is 41.2 Å². The number of nitrogens with zero attached hydrogens (tertiary/aromatic N) is 3. The number of carbonyl (C=O) groups excluding carboxylic acids is 2. The molecule has 1 N–H and O–H groups in total. The number of anilines is 3. The number of aromatic nitrogens is 2. The number of nitrogens with one attached hydrogen (secondary N) is 1. The monoisotopic (exact) mass is 474 g/mol. The van der Waals surface area contributed by atoms with Crippen LogP contribution >= 0.6 is 22.7 Å². The van der Waals surface area contributed by atoms with E-state index in [0.717, 1.165) is 21.8 Å². The Balaban J connectivity index is 1.45. The topological polar surface area (TPSA) is 75.2 Å². The van der Waals surface area contributed by atoms with Crippen LogP contribution in [0.5, 0.6) is 0 Å². The summed E-state index contributed by atoms with van der Waals surface area (Å²) in [4.78, 5) is 36.3. The summed E-state index contributed by atoms with van der Waals surface area (Å²) in [6.07, 6.45) is 3.04. The van der Waals surface area contributed by atoms with E-state index in [1.54, 1.807) is 16.4 Å². The number of rotatable bonds is 6. The molecular weight excluding hydrogens is 452 g/mol. The van der Waals surface area contributed by atoms with Gasteiger partial charge >= 0.3 is 0 Å². The average molecular weight is 475 g/mol. The van der Waals surface area contributed by atoms with Crippen molar-refractivity contribution in [1.29, 1.82) is 0 Å². The summed E-state index contributed by atoms with van der Waals surface area (Å²) in [7, 11) is 0. The van der Waals surface area contributed by atoms with E-state index in [1.807, 2.05) is 68.4 Å². The van der Waals surface area contributed by atoms with Crippen molar-refractivity contribution in [3.63, 3.8) is 0 Å². The van der Waals surface area contributed by atoms with Gasteiger partial charge in [-0.25, -0.2) is 9.97 Å². The molecule has 0 aliphatic rings. The molecule has 0 atom stereocenters. The Hall–Kier alpha value is -3.62. The molecule has 0 bridgehead atoms. The summed E-state index contributed by atoms with van der Waals surface area (Å²) in [6, 6.07) is 17.5. The number of hydrogen-bond acceptors (Lipinski definition) is 6. The molecule has 166 valence electrons. The molecule has 2 aromatic heterocycles. The van der Waals surface area contributed by atoms with Gasteiger partial charge in [-0.05, 0) is 32.1 Å². The van der Waals surface area contributed by atoms with Crippen LogP contribution in [0.15, 0.2) is 66.1 Å². The van der Waals surface area contributed by atoms with Crippen molar-refractivity contribution in [3.8, 4) is 11.3 Å². The van der Waals surface area contributed by atoms with E-state index in [4.69, 9.17) is 0 Å². The van der Waals surface area contributed by atoms with E-state index < -0.39 is 0 Å². The standard InChI is InChI=1S/C25H22N4O2S2/c1-16-9-11-19(12-10-16)23-17(2)33-24(28-23)27-22(31)14-13-20-15-32-25(26-20)29(18(3)30)21-7-5-4-6-8-21/h4-15H,1-3H3,(H,27,28,31)/b14-13+. The van der Waals surface area contributed by atoms with Crippen LogP contribution in [0.3, 0.4) is 0 Å². The summed E-state index contributed by atoms with van der Waals surface area (Å²) in [5.41, 5.74) is 4.42. The maximum Gasteiger partial charge on any atom is 0.250 e. The number of thiazole rings is 2. The molecule has 33 heavy (non-hydrogen) atoms. The summed E-state index contributed by atoms with van der Waals surface area (Å²) in [5, 5.41) is 5.72. The van der Waals surface area contributed by atoms with E-state index in [2.05, 4.69) is 15.3 Å². The molecule has 6 nitrogen and oxygen atoms in total. The lowest BCUT2D eigenvalue weighted by atomic mass is 10.1. The molecule has 4 aromatic rings. The van der Waals surface area contributed by atoms with Gasteiger partial charge in [0.1, 0.15) is 0 Å². The first-order chi connectivity index (χ1) is 15.9. The molecule has 4 rings (SSSR count). The summed E-state index contributed by atoms with van der Waals surface area (Å²) < 4.78 is 0. The molecule has 0 aliphatic carbocycles. The first kappa shape index (κ1) is 22.6. The van der Waals surface area contributed by atoms with Crippen LogP contribution in [0.25, 0.3) is 17.3 Å². The smallest absolute Gasteiger partial charge is 0.250 e. The highest BCUT2D eigenvalue weighted by molar-refractivity contribution is 7.16. The van der Waals surface area contributed by atoms with E-state index in [-0.39, 0.29) is 11.8 Å². The van der Waals surface area contributed by atoms with Gasteiger partial charge in [0.25, 0.3) is 0 Å². The first-order valence-corrected chi connectivity index (χ1v) is 11.9. The van der Waals surface area contributed by atoms with Crippen molar-refractivity contribution in [3.05, 3.63) is 82.2 Å². The lowest BCUT2D eigenvalue weighted by Crippen LogP contribution is -2.22. The Morgan fingerprint density at radius 3 is 2.42 bits per heavy atom. The van der Waals surface area contributed by atoms with Crippen LogP contribution in [-0.2, 0) is 9.59 Å². The third-order valence-electron chi connectivity index (χ3n) is 4.79. The predicted octanol–water partition coefficient (Wildman–Crippen LogP) is 6.22. The minimum absolute atomic E-state index is 0.132. The highest BCUT2D eigenvalue weighted by atomic mass is 32.1. The Labute approximate surface area is 200 Å². The molecule has 0 aliphatic heterocycles. The second-order valence-electron chi connectivity index (χ2n) is 7.36. The molecule has 0 saturated carbocycles. The quantitative estimate of drug-likeness (QED) is 0.337.